The van der Waals surface area contributed by atoms with Gasteiger partial charge in [0.15, 0.2) is 0 Å². The van der Waals surface area contributed by atoms with E-state index in [4.69, 9.17) is 11.2 Å². The average Bonchev–Trinajstić information content (AvgIpc) is 2.85. The van der Waals surface area contributed by atoms with Crippen LogP contribution in [0.25, 0.3) is 0 Å². The van der Waals surface area contributed by atoms with E-state index in [1.807, 2.05) is 52.0 Å². The van der Waals surface area contributed by atoms with Gasteiger partial charge in [-0.25, -0.2) is 4.79 Å². The molecule has 7 heteroatoms. The molecule has 2 aromatic carbocycles. The molecule has 0 heterocycles. The van der Waals surface area contributed by atoms with Crippen molar-refractivity contribution in [2.75, 3.05) is 11.9 Å². The minimum atomic E-state index is -0.942. The van der Waals surface area contributed by atoms with E-state index < -0.39 is 23.8 Å². The Balaban J connectivity index is 2.54. The molecule has 0 spiro atoms. The van der Waals surface area contributed by atoms with Crippen LogP contribution in [0, 0.1) is 25.2 Å². The van der Waals surface area contributed by atoms with Crippen molar-refractivity contribution in [1.29, 1.82) is 0 Å². The van der Waals surface area contributed by atoms with Crippen molar-refractivity contribution < 1.29 is 19.1 Å². The number of hydrogen-bond acceptors (Lipinski definition) is 4. The summed E-state index contributed by atoms with van der Waals surface area (Å²) < 4.78 is 5.42. The molecular weight excluding hydrogens is 478 g/mol. The lowest BCUT2D eigenvalue weighted by atomic mass is 9.97. The molecule has 7 nitrogen and oxygen atoms in total. The fraction of sp³-hybridized carbons (Fsp3) is 0.452. The van der Waals surface area contributed by atoms with Gasteiger partial charge in [0, 0.05) is 17.8 Å². The lowest BCUT2D eigenvalue weighted by Crippen LogP contribution is -2.54. The molecule has 0 aliphatic carbocycles. The largest absolute Gasteiger partial charge is 0.444 e. The number of ether oxygens (including phenoxy) is 1. The summed E-state index contributed by atoms with van der Waals surface area (Å²) in [6.45, 7) is 13.2. The Bertz CT molecular complexity index is 1140. The third-order valence-corrected chi connectivity index (χ3v) is 6.00. The molecule has 0 radical (unpaired) electrons. The van der Waals surface area contributed by atoms with Crippen LogP contribution in [0.2, 0.25) is 0 Å². The fourth-order valence-corrected chi connectivity index (χ4v) is 3.97. The minimum absolute atomic E-state index is 0.247. The minimum Gasteiger partial charge on any atom is -0.444 e. The van der Waals surface area contributed by atoms with Crippen molar-refractivity contribution in [3.8, 4) is 12.3 Å². The van der Waals surface area contributed by atoms with Gasteiger partial charge in [-0.15, -0.1) is 6.42 Å². The lowest BCUT2D eigenvalue weighted by molar-refractivity contribution is -0.141. The van der Waals surface area contributed by atoms with E-state index in [2.05, 4.69) is 16.6 Å². The Morgan fingerprint density at radius 3 is 2.21 bits per heavy atom. The van der Waals surface area contributed by atoms with Crippen LogP contribution in [0.4, 0.5) is 10.5 Å². The highest BCUT2D eigenvalue weighted by Crippen LogP contribution is 2.27. The molecule has 0 saturated heterocycles. The van der Waals surface area contributed by atoms with E-state index in [1.54, 1.807) is 49.9 Å². The molecule has 2 unspecified atom stereocenters. The number of para-hydroxylation sites is 1. The molecule has 0 saturated carbocycles. The molecule has 0 aromatic heterocycles. The predicted octanol–water partition coefficient (Wildman–Crippen LogP) is 5.83. The maximum atomic E-state index is 14.1. The standard InChI is InChI=1S/C31H41N3O4/c1-9-11-20-34(29(36)26(21(3)4)33-30(37)38-31(6,7)8)27(24-18-16-23(10-2)17-19-24)28(35)32-25-15-13-12-14-22(25)5/h2,12-19,21,26-27H,9,11,20H2,1,3-8H3,(H,32,35)(H,33,37). The number of amides is 3. The van der Waals surface area contributed by atoms with Crippen LogP contribution >= 0.6 is 0 Å². The number of rotatable bonds is 10. The number of alkyl carbamates (subject to hydrolysis) is 1. The summed E-state index contributed by atoms with van der Waals surface area (Å²) in [5.41, 5.74) is 2.15. The first-order valence-electron chi connectivity index (χ1n) is 13.1. The first-order chi connectivity index (χ1) is 17.9. The first kappa shape index (κ1) is 30.4. The van der Waals surface area contributed by atoms with Gasteiger partial charge in [0.05, 0.1) is 0 Å². The Labute approximate surface area is 227 Å². The first-order valence-corrected chi connectivity index (χ1v) is 13.1. The smallest absolute Gasteiger partial charge is 0.408 e. The number of nitrogens with one attached hydrogen (secondary N) is 2. The molecule has 2 atom stereocenters. The SMILES string of the molecule is C#Cc1ccc(C(C(=O)Nc2ccccc2C)N(CCCC)C(=O)C(NC(=O)OC(C)(C)C)C(C)C)cc1. The van der Waals surface area contributed by atoms with Gasteiger partial charge in [-0.05, 0) is 69.4 Å². The van der Waals surface area contributed by atoms with Gasteiger partial charge >= 0.3 is 6.09 Å². The van der Waals surface area contributed by atoms with Crippen LogP contribution in [0.5, 0.6) is 0 Å². The Morgan fingerprint density at radius 2 is 1.68 bits per heavy atom. The second kappa shape index (κ2) is 13.7. The quantitative estimate of drug-likeness (QED) is 0.387. The van der Waals surface area contributed by atoms with Crippen molar-refractivity contribution >= 4 is 23.6 Å². The van der Waals surface area contributed by atoms with Crippen LogP contribution in [-0.2, 0) is 14.3 Å². The number of nitrogens with zero attached hydrogens (tertiary/aromatic N) is 1. The number of carbonyl (C=O) groups is 3. The molecule has 0 aliphatic rings. The molecule has 2 N–H and O–H groups in total. The molecule has 0 fully saturated rings. The van der Waals surface area contributed by atoms with E-state index in [-0.39, 0.29) is 17.7 Å². The van der Waals surface area contributed by atoms with Gasteiger partial charge in [-0.3, -0.25) is 9.59 Å². The van der Waals surface area contributed by atoms with Crippen LogP contribution in [0.3, 0.4) is 0 Å². The van der Waals surface area contributed by atoms with Crippen LogP contribution in [-0.4, -0.2) is 41.0 Å². The topological polar surface area (TPSA) is 87.7 Å². The fourth-order valence-electron chi connectivity index (χ4n) is 3.97. The summed E-state index contributed by atoms with van der Waals surface area (Å²) in [5.74, 6) is 1.63. The Hall–Kier alpha value is -3.79. The highest BCUT2D eigenvalue weighted by Gasteiger charge is 2.37. The third kappa shape index (κ3) is 8.65. The van der Waals surface area contributed by atoms with E-state index >= 15 is 0 Å². The summed E-state index contributed by atoms with van der Waals surface area (Å²) in [6, 6.07) is 12.7. The number of terminal acetylenes is 1. The molecule has 2 aromatic rings. The van der Waals surface area contributed by atoms with E-state index in [9.17, 15) is 14.4 Å². The van der Waals surface area contributed by atoms with Gasteiger partial charge in [-0.2, -0.15) is 0 Å². The molecule has 204 valence electrons. The molecule has 2 rings (SSSR count). The normalized spacial score (nSPS) is 12.7. The van der Waals surface area contributed by atoms with Crippen molar-refractivity contribution in [3.05, 3.63) is 65.2 Å². The number of benzene rings is 2. The summed E-state index contributed by atoms with van der Waals surface area (Å²) in [5, 5.41) is 5.75. The lowest BCUT2D eigenvalue weighted by Gasteiger charge is -2.35. The average molecular weight is 520 g/mol. The molecule has 38 heavy (non-hydrogen) atoms. The number of anilines is 1. The van der Waals surface area contributed by atoms with E-state index in [1.165, 1.54) is 0 Å². The van der Waals surface area contributed by atoms with Crippen LogP contribution < -0.4 is 10.6 Å². The molecule has 0 bridgehead atoms. The van der Waals surface area contributed by atoms with E-state index in [0.717, 1.165) is 12.0 Å². The van der Waals surface area contributed by atoms with Crippen LogP contribution in [0.1, 0.15) is 77.1 Å². The van der Waals surface area contributed by atoms with Crippen molar-refractivity contribution in [2.24, 2.45) is 5.92 Å². The van der Waals surface area contributed by atoms with Gasteiger partial charge in [0.2, 0.25) is 5.91 Å². The zero-order valence-electron chi connectivity index (χ0n) is 23.6. The number of aryl methyl sites for hydroxylation is 1. The number of carbonyl (C=O) groups excluding carboxylic acids is 3. The maximum absolute atomic E-state index is 14.1. The van der Waals surface area contributed by atoms with Crippen LogP contribution in [0.15, 0.2) is 48.5 Å². The predicted molar refractivity (Wildman–Crippen MR) is 152 cm³/mol. The second-order valence-corrected chi connectivity index (χ2v) is 10.7. The summed E-state index contributed by atoms with van der Waals surface area (Å²) in [4.78, 5) is 42.2. The van der Waals surface area contributed by atoms with Gasteiger partial charge in [0.25, 0.3) is 5.91 Å². The zero-order valence-corrected chi connectivity index (χ0v) is 23.6. The number of unbranched alkanes of at least 4 members (excludes halogenated alkanes) is 1. The van der Waals surface area contributed by atoms with Crippen molar-refractivity contribution in [1.82, 2.24) is 10.2 Å². The zero-order chi connectivity index (χ0) is 28.5. The maximum Gasteiger partial charge on any atom is 0.408 e. The molecule has 0 aliphatic heterocycles. The Kier molecular flexibility index (Phi) is 10.9. The highest BCUT2D eigenvalue weighted by molar-refractivity contribution is 5.99. The highest BCUT2D eigenvalue weighted by atomic mass is 16.6. The van der Waals surface area contributed by atoms with Gasteiger partial charge < -0.3 is 20.3 Å². The van der Waals surface area contributed by atoms with Crippen molar-refractivity contribution in [2.45, 2.75) is 79.0 Å². The van der Waals surface area contributed by atoms with Gasteiger partial charge in [-0.1, -0.05) is 63.4 Å². The van der Waals surface area contributed by atoms with Gasteiger partial charge in [0.1, 0.15) is 17.7 Å². The monoisotopic (exact) mass is 519 g/mol. The Morgan fingerprint density at radius 1 is 1.05 bits per heavy atom. The summed E-state index contributed by atoms with van der Waals surface area (Å²) >= 11 is 0. The second-order valence-electron chi connectivity index (χ2n) is 10.7. The molecular formula is C31H41N3O4. The van der Waals surface area contributed by atoms with E-state index in [0.29, 0.717) is 29.8 Å². The van der Waals surface area contributed by atoms with Crippen molar-refractivity contribution in [3.63, 3.8) is 0 Å². The summed E-state index contributed by atoms with van der Waals surface area (Å²) in [6.07, 6.45) is 6.36. The summed E-state index contributed by atoms with van der Waals surface area (Å²) in [7, 11) is 0. The number of hydrogen-bond donors (Lipinski definition) is 2. The molecule has 3 amide bonds. The third-order valence-electron chi connectivity index (χ3n) is 6.00.